The summed E-state index contributed by atoms with van der Waals surface area (Å²) in [6.07, 6.45) is 1.47. The van der Waals surface area contributed by atoms with Crippen molar-refractivity contribution in [2.45, 2.75) is 13.1 Å². The first kappa shape index (κ1) is 19.9. The molecule has 0 amide bonds. The highest BCUT2D eigenvalue weighted by atomic mass is 19.1. The molecule has 0 fully saturated rings. The predicted molar refractivity (Wildman–Crippen MR) is 119 cm³/mol. The maximum atomic E-state index is 14.0. The molecule has 160 valence electrons. The molecule has 0 atom stereocenters. The molecule has 0 radical (unpaired) electrons. The van der Waals surface area contributed by atoms with Crippen LogP contribution in [0.1, 0.15) is 11.1 Å². The van der Waals surface area contributed by atoms with Gasteiger partial charge in [0.2, 0.25) is 0 Å². The maximum absolute atomic E-state index is 14.0. The van der Waals surface area contributed by atoms with Crippen molar-refractivity contribution in [2.24, 2.45) is 0 Å². The van der Waals surface area contributed by atoms with Crippen LogP contribution in [0.3, 0.4) is 0 Å². The van der Waals surface area contributed by atoms with Gasteiger partial charge >= 0.3 is 0 Å². The number of ether oxygens (including phenoxy) is 1. The van der Waals surface area contributed by atoms with E-state index in [-0.39, 0.29) is 17.9 Å². The molecule has 0 aliphatic carbocycles. The van der Waals surface area contributed by atoms with Gasteiger partial charge in [-0.15, -0.1) is 0 Å². The topological polar surface area (TPSA) is 49.0 Å². The second-order valence-corrected chi connectivity index (χ2v) is 7.60. The molecule has 0 unspecified atom stereocenters. The average Bonchev–Trinajstić information content (AvgIpc) is 3.09. The van der Waals surface area contributed by atoms with E-state index in [0.717, 1.165) is 5.56 Å². The number of fused-ring (bicyclic) bond motifs is 3. The van der Waals surface area contributed by atoms with E-state index in [9.17, 15) is 13.6 Å². The molecular formula is C25H19F2N3O2. The molecule has 0 bridgehead atoms. The Balaban J connectivity index is 1.70. The van der Waals surface area contributed by atoms with E-state index in [0.29, 0.717) is 39.8 Å². The fraction of sp³-hybridized carbons (Fsp3) is 0.120. The summed E-state index contributed by atoms with van der Waals surface area (Å²) in [6.45, 7) is 0.554. The summed E-state index contributed by atoms with van der Waals surface area (Å²) in [7, 11) is 1.59. The zero-order chi connectivity index (χ0) is 22.2. The minimum atomic E-state index is -0.412. The first-order valence-corrected chi connectivity index (χ1v) is 10.1. The predicted octanol–water partition coefficient (Wildman–Crippen LogP) is 4.73. The van der Waals surface area contributed by atoms with Crippen LogP contribution in [0.5, 0.6) is 5.75 Å². The van der Waals surface area contributed by atoms with E-state index in [4.69, 9.17) is 4.74 Å². The van der Waals surface area contributed by atoms with Gasteiger partial charge in [-0.3, -0.25) is 9.36 Å². The molecule has 0 aliphatic heterocycles. The minimum Gasteiger partial charge on any atom is -0.497 e. The highest BCUT2D eigenvalue weighted by Gasteiger charge is 2.18. The lowest BCUT2D eigenvalue weighted by Gasteiger charge is -2.10. The Kier molecular flexibility index (Phi) is 4.93. The van der Waals surface area contributed by atoms with Crippen LogP contribution >= 0.6 is 0 Å². The third kappa shape index (κ3) is 3.51. The molecule has 2 heterocycles. The highest BCUT2D eigenvalue weighted by molar-refractivity contribution is 6.05. The average molecular weight is 431 g/mol. The number of aromatic nitrogens is 3. The summed E-state index contributed by atoms with van der Waals surface area (Å²) in [6, 6.07) is 18.0. The van der Waals surface area contributed by atoms with Crippen LogP contribution in [0.2, 0.25) is 0 Å². The Bertz CT molecular complexity index is 1520. The summed E-state index contributed by atoms with van der Waals surface area (Å²) < 4.78 is 36.3. The van der Waals surface area contributed by atoms with Gasteiger partial charge in [0.15, 0.2) is 0 Å². The third-order valence-electron chi connectivity index (χ3n) is 5.51. The van der Waals surface area contributed by atoms with Gasteiger partial charge < -0.3 is 9.30 Å². The number of methoxy groups -OCH3 is 1. The molecule has 7 heteroatoms. The molecule has 32 heavy (non-hydrogen) atoms. The van der Waals surface area contributed by atoms with E-state index < -0.39 is 5.82 Å². The normalized spacial score (nSPS) is 11.3. The Morgan fingerprint density at radius 2 is 1.66 bits per heavy atom. The molecule has 3 aromatic carbocycles. The van der Waals surface area contributed by atoms with Crippen molar-refractivity contribution in [2.75, 3.05) is 7.11 Å². The number of hydrogen-bond donors (Lipinski definition) is 0. The number of benzene rings is 3. The monoisotopic (exact) mass is 431 g/mol. The number of hydrogen-bond acceptors (Lipinski definition) is 3. The van der Waals surface area contributed by atoms with Crippen LogP contribution in [0.15, 0.2) is 77.9 Å². The molecule has 5 rings (SSSR count). The number of nitrogens with zero attached hydrogens (tertiary/aromatic N) is 3. The van der Waals surface area contributed by atoms with Crippen molar-refractivity contribution in [1.82, 2.24) is 14.1 Å². The first-order chi connectivity index (χ1) is 15.5. The molecule has 5 aromatic rings. The van der Waals surface area contributed by atoms with E-state index in [1.165, 1.54) is 35.2 Å². The summed E-state index contributed by atoms with van der Waals surface area (Å²) >= 11 is 0. The summed E-state index contributed by atoms with van der Waals surface area (Å²) in [4.78, 5) is 18.0. The summed E-state index contributed by atoms with van der Waals surface area (Å²) in [5, 5.41) is 0.544. The number of halogens is 2. The van der Waals surface area contributed by atoms with E-state index in [1.54, 1.807) is 29.9 Å². The van der Waals surface area contributed by atoms with Crippen LogP contribution in [0, 0.1) is 11.6 Å². The zero-order valence-electron chi connectivity index (χ0n) is 17.3. The lowest BCUT2D eigenvalue weighted by Crippen LogP contribution is -2.23. The van der Waals surface area contributed by atoms with Crippen molar-refractivity contribution < 1.29 is 13.5 Å². The third-order valence-corrected chi connectivity index (χ3v) is 5.51. The van der Waals surface area contributed by atoms with Gasteiger partial charge in [0.25, 0.3) is 5.56 Å². The van der Waals surface area contributed by atoms with E-state index in [1.807, 2.05) is 24.3 Å². The second kappa shape index (κ2) is 7.92. The molecular weight excluding hydrogens is 412 g/mol. The van der Waals surface area contributed by atoms with Crippen LogP contribution in [-0.4, -0.2) is 21.2 Å². The zero-order valence-corrected chi connectivity index (χ0v) is 17.3. The minimum absolute atomic E-state index is 0.253. The van der Waals surface area contributed by atoms with E-state index in [2.05, 4.69) is 4.98 Å². The van der Waals surface area contributed by atoms with Crippen LogP contribution in [0.25, 0.3) is 21.9 Å². The quantitative estimate of drug-likeness (QED) is 0.404. The van der Waals surface area contributed by atoms with Crippen molar-refractivity contribution in [1.29, 1.82) is 0 Å². The van der Waals surface area contributed by atoms with E-state index >= 15 is 0 Å². The molecule has 5 nitrogen and oxygen atoms in total. The standard InChI is InChI=1S/C25H19F2N3O2/c1-32-20-7-3-5-17(11-20)13-29-15-28-23-21-12-19(27)8-9-22(21)30(24(23)25(29)31)14-16-4-2-6-18(26)10-16/h2-12,15H,13-14H2,1H3. The lowest BCUT2D eigenvalue weighted by molar-refractivity contribution is 0.414. The Morgan fingerprint density at radius 1 is 0.906 bits per heavy atom. The highest BCUT2D eigenvalue weighted by Crippen LogP contribution is 2.27. The van der Waals surface area contributed by atoms with Gasteiger partial charge in [-0.25, -0.2) is 13.8 Å². The Hall–Kier alpha value is -4.00. The molecule has 0 spiro atoms. The van der Waals surface area contributed by atoms with Crippen molar-refractivity contribution in [3.05, 3.63) is 106 Å². The van der Waals surface area contributed by atoms with Gasteiger partial charge in [-0.05, 0) is 53.6 Å². The van der Waals surface area contributed by atoms with Gasteiger partial charge in [0, 0.05) is 11.9 Å². The smallest absolute Gasteiger partial charge is 0.278 e. The van der Waals surface area contributed by atoms with Gasteiger partial charge in [0.05, 0.1) is 25.5 Å². The lowest BCUT2D eigenvalue weighted by atomic mass is 10.2. The summed E-state index contributed by atoms with van der Waals surface area (Å²) in [5.41, 5.74) is 2.74. The van der Waals surface area contributed by atoms with Gasteiger partial charge in [0.1, 0.15) is 28.4 Å². The maximum Gasteiger partial charge on any atom is 0.278 e. The SMILES string of the molecule is COc1cccc(Cn2cnc3c4cc(F)ccc4n(Cc4cccc(F)c4)c3c2=O)c1. The summed E-state index contributed by atoms with van der Waals surface area (Å²) in [5.74, 6) is -0.0761. The molecule has 0 saturated heterocycles. The van der Waals surface area contributed by atoms with Crippen molar-refractivity contribution >= 4 is 21.9 Å². The Morgan fingerprint density at radius 3 is 2.44 bits per heavy atom. The molecule has 0 aliphatic rings. The number of rotatable bonds is 5. The fourth-order valence-corrected chi connectivity index (χ4v) is 4.03. The first-order valence-electron chi connectivity index (χ1n) is 10.1. The van der Waals surface area contributed by atoms with Crippen LogP contribution in [0.4, 0.5) is 8.78 Å². The largest absolute Gasteiger partial charge is 0.497 e. The molecule has 0 saturated carbocycles. The fourth-order valence-electron chi connectivity index (χ4n) is 4.03. The molecule has 0 N–H and O–H groups in total. The van der Waals surface area contributed by atoms with Gasteiger partial charge in [-0.1, -0.05) is 24.3 Å². The van der Waals surface area contributed by atoms with Crippen molar-refractivity contribution in [3.8, 4) is 5.75 Å². The van der Waals surface area contributed by atoms with Crippen LogP contribution in [-0.2, 0) is 13.1 Å². The Labute approximate surface area is 182 Å². The van der Waals surface area contributed by atoms with Gasteiger partial charge in [-0.2, -0.15) is 0 Å². The van der Waals surface area contributed by atoms with Crippen LogP contribution < -0.4 is 10.3 Å². The molecule has 2 aromatic heterocycles. The van der Waals surface area contributed by atoms with Crippen molar-refractivity contribution in [3.63, 3.8) is 0 Å². The second-order valence-electron chi connectivity index (χ2n) is 7.60.